The highest BCUT2D eigenvalue weighted by atomic mass is 32.2. The summed E-state index contributed by atoms with van der Waals surface area (Å²) in [4.78, 5) is 14.8. The molecule has 1 saturated heterocycles. The number of carbonyl (C=O) groups excluding carboxylic acids is 1. The van der Waals surface area contributed by atoms with Crippen LogP contribution >= 0.6 is 11.8 Å². The third-order valence-corrected chi connectivity index (χ3v) is 6.42. The average Bonchev–Trinajstić information content (AvgIpc) is 2.69. The lowest BCUT2D eigenvalue weighted by Gasteiger charge is -2.33. The van der Waals surface area contributed by atoms with Gasteiger partial charge >= 0.3 is 0 Å². The average molecular weight is 397 g/mol. The monoisotopic (exact) mass is 396 g/mol. The maximum absolute atomic E-state index is 12.3. The van der Waals surface area contributed by atoms with Crippen LogP contribution in [0.3, 0.4) is 0 Å². The maximum atomic E-state index is 12.3. The van der Waals surface area contributed by atoms with Crippen LogP contribution in [-0.2, 0) is 10.5 Å². The summed E-state index contributed by atoms with van der Waals surface area (Å²) in [5, 5.41) is 3.12. The lowest BCUT2D eigenvalue weighted by atomic mass is 9.99. The topological polar surface area (TPSA) is 32.3 Å². The Labute approximate surface area is 173 Å². The fourth-order valence-corrected chi connectivity index (χ4v) is 4.51. The Morgan fingerprint density at radius 2 is 1.89 bits per heavy atom. The molecule has 1 fully saturated rings. The van der Waals surface area contributed by atoms with E-state index >= 15 is 0 Å². The van der Waals surface area contributed by atoms with Gasteiger partial charge in [0.1, 0.15) is 0 Å². The van der Waals surface area contributed by atoms with Crippen LogP contribution in [0.2, 0.25) is 0 Å². The van der Waals surface area contributed by atoms with Crippen molar-refractivity contribution in [2.45, 2.75) is 45.4 Å². The van der Waals surface area contributed by atoms with Crippen molar-refractivity contribution in [2.75, 3.05) is 23.7 Å². The van der Waals surface area contributed by atoms with Gasteiger partial charge in [-0.15, -0.1) is 11.8 Å². The zero-order valence-electron chi connectivity index (χ0n) is 17.3. The van der Waals surface area contributed by atoms with Crippen LogP contribution < -0.4 is 10.2 Å². The van der Waals surface area contributed by atoms with Crippen molar-refractivity contribution in [1.82, 2.24) is 5.32 Å². The number of amides is 1. The second-order valence-electron chi connectivity index (χ2n) is 8.05. The number of benzene rings is 2. The highest BCUT2D eigenvalue weighted by Crippen LogP contribution is 2.24. The minimum atomic E-state index is 0.0294. The largest absolute Gasteiger partial charge is 0.371 e. The van der Waals surface area contributed by atoms with Crippen LogP contribution in [0.4, 0.5) is 5.69 Å². The van der Waals surface area contributed by atoms with E-state index in [0.717, 1.165) is 30.3 Å². The first kappa shape index (κ1) is 20.8. The summed E-state index contributed by atoms with van der Waals surface area (Å²) in [5.41, 5.74) is 4.98. The summed E-state index contributed by atoms with van der Waals surface area (Å²) in [6.45, 7) is 8.76. The van der Waals surface area contributed by atoms with Crippen molar-refractivity contribution in [2.24, 2.45) is 5.92 Å². The Morgan fingerprint density at radius 3 is 2.57 bits per heavy atom. The summed E-state index contributed by atoms with van der Waals surface area (Å²) in [7, 11) is 0. The normalized spacial score (nSPS) is 18.0. The van der Waals surface area contributed by atoms with Crippen molar-refractivity contribution in [3.8, 4) is 0 Å². The molecule has 0 radical (unpaired) electrons. The molecule has 0 aromatic heterocycles. The number of anilines is 1. The van der Waals surface area contributed by atoms with Gasteiger partial charge in [0.05, 0.1) is 11.8 Å². The molecular formula is C24H32N2OS. The van der Waals surface area contributed by atoms with Crippen LogP contribution in [0, 0.1) is 12.8 Å². The van der Waals surface area contributed by atoms with Gasteiger partial charge in [-0.1, -0.05) is 48.9 Å². The first-order valence-electron chi connectivity index (χ1n) is 10.3. The minimum absolute atomic E-state index is 0.0294. The Bertz CT molecular complexity index is 757. The fraction of sp³-hybridized carbons (Fsp3) is 0.458. The van der Waals surface area contributed by atoms with Gasteiger partial charge in [-0.2, -0.15) is 0 Å². The second kappa shape index (κ2) is 10.0. The van der Waals surface area contributed by atoms with Gasteiger partial charge in [-0.3, -0.25) is 4.79 Å². The molecule has 2 atom stereocenters. The lowest BCUT2D eigenvalue weighted by Crippen LogP contribution is -2.34. The number of carbonyl (C=O) groups is 1. The SMILES string of the molecule is Cc1ccc(CSCC(=O)N[C@H](C)c2ccc(N3CCC[C@@H](C)C3)cc2)cc1. The fourth-order valence-electron chi connectivity index (χ4n) is 3.71. The number of piperidine rings is 1. The molecule has 2 aromatic rings. The smallest absolute Gasteiger partial charge is 0.230 e. The van der Waals surface area contributed by atoms with E-state index in [0.29, 0.717) is 5.75 Å². The van der Waals surface area contributed by atoms with E-state index in [1.807, 2.05) is 0 Å². The summed E-state index contributed by atoms with van der Waals surface area (Å²) in [6.07, 6.45) is 2.61. The predicted molar refractivity (Wildman–Crippen MR) is 121 cm³/mol. The summed E-state index contributed by atoms with van der Waals surface area (Å²) < 4.78 is 0. The molecule has 3 nitrogen and oxygen atoms in total. The molecule has 150 valence electrons. The van der Waals surface area contributed by atoms with E-state index in [1.54, 1.807) is 11.8 Å². The lowest BCUT2D eigenvalue weighted by molar-refractivity contribution is -0.119. The third kappa shape index (κ3) is 6.03. The number of hydrogen-bond acceptors (Lipinski definition) is 3. The van der Waals surface area contributed by atoms with E-state index in [9.17, 15) is 4.79 Å². The molecule has 3 rings (SSSR count). The van der Waals surface area contributed by atoms with E-state index in [4.69, 9.17) is 0 Å². The molecule has 28 heavy (non-hydrogen) atoms. The van der Waals surface area contributed by atoms with Crippen molar-refractivity contribution in [1.29, 1.82) is 0 Å². The molecule has 1 aliphatic heterocycles. The maximum Gasteiger partial charge on any atom is 0.230 e. The van der Waals surface area contributed by atoms with Gasteiger partial charge in [0.15, 0.2) is 0 Å². The molecule has 0 spiro atoms. The van der Waals surface area contributed by atoms with Crippen LogP contribution in [0.5, 0.6) is 0 Å². The molecule has 2 aromatic carbocycles. The summed E-state index contributed by atoms with van der Waals surface area (Å²) >= 11 is 1.66. The van der Waals surface area contributed by atoms with Gasteiger partial charge in [0.25, 0.3) is 0 Å². The highest BCUT2D eigenvalue weighted by molar-refractivity contribution is 7.99. The number of aryl methyl sites for hydroxylation is 1. The number of nitrogens with one attached hydrogen (secondary N) is 1. The highest BCUT2D eigenvalue weighted by Gasteiger charge is 2.17. The van der Waals surface area contributed by atoms with Crippen LogP contribution in [0.15, 0.2) is 48.5 Å². The number of hydrogen-bond donors (Lipinski definition) is 1. The zero-order chi connectivity index (χ0) is 19.9. The quantitative estimate of drug-likeness (QED) is 0.685. The first-order valence-corrected chi connectivity index (χ1v) is 11.4. The molecule has 0 aliphatic carbocycles. The zero-order valence-corrected chi connectivity index (χ0v) is 18.1. The van der Waals surface area contributed by atoms with Crippen LogP contribution in [0.1, 0.15) is 49.4 Å². The molecule has 1 amide bonds. The number of rotatable bonds is 7. The molecule has 1 aliphatic rings. The van der Waals surface area contributed by atoms with Crippen LogP contribution in [-0.4, -0.2) is 24.7 Å². The standard InChI is InChI=1S/C24H32N2OS/c1-18-6-8-21(9-7-18)16-28-17-24(27)25-20(3)22-10-12-23(13-11-22)26-14-4-5-19(2)15-26/h6-13,19-20H,4-5,14-17H2,1-3H3,(H,25,27)/t19-,20-/m1/s1. The molecule has 0 unspecified atom stereocenters. The number of thioether (sulfide) groups is 1. The molecule has 0 saturated carbocycles. The Kier molecular flexibility index (Phi) is 7.43. The summed E-state index contributed by atoms with van der Waals surface area (Å²) in [5.74, 6) is 2.22. The van der Waals surface area contributed by atoms with Gasteiger partial charge in [0, 0.05) is 24.5 Å². The van der Waals surface area contributed by atoms with Crippen LogP contribution in [0.25, 0.3) is 0 Å². The van der Waals surface area contributed by atoms with Gasteiger partial charge in [-0.05, 0) is 55.9 Å². The Hall–Kier alpha value is -1.94. The van der Waals surface area contributed by atoms with Gasteiger partial charge in [-0.25, -0.2) is 0 Å². The van der Waals surface area contributed by atoms with Gasteiger partial charge in [0.2, 0.25) is 5.91 Å². The van der Waals surface area contributed by atoms with E-state index in [-0.39, 0.29) is 11.9 Å². The molecule has 1 heterocycles. The molecule has 1 N–H and O–H groups in total. The Morgan fingerprint density at radius 1 is 1.18 bits per heavy atom. The summed E-state index contributed by atoms with van der Waals surface area (Å²) in [6, 6.07) is 17.2. The third-order valence-electron chi connectivity index (χ3n) is 5.42. The van der Waals surface area contributed by atoms with E-state index < -0.39 is 0 Å². The Balaban J connectivity index is 1.45. The van der Waals surface area contributed by atoms with Crippen molar-refractivity contribution in [3.05, 3.63) is 65.2 Å². The van der Waals surface area contributed by atoms with Crippen molar-refractivity contribution in [3.63, 3.8) is 0 Å². The van der Waals surface area contributed by atoms with E-state index in [1.165, 1.54) is 29.7 Å². The number of nitrogens with zero attached hydrogens (tertiary/aromatic N) is 1. The van der Waals surface area contributed by atoms with E-state index in [2.05, 4.69) is 79.5 Å². The van der Waals surface area contributed by atoms with Crippen molar-refractivity contribution >= 4 is 23.4 Å². The van der Waals surface area contributed by atoms with Crippen molar-refractivity contribution < 1.29 is 4.79 Å². The van der Waals surface area contributed by atoms with Gasteiger partial charge < -0.3 is 10.2 Å². The molecule has 4 heteroatoms. The predicted octanol–water partition coefficient (Wildman–Crippen LogP) is 5.34. The minimum Gasteiger partial charge on any atom is -0.371 e. The second-order valence-corrected chi connectivity index (χ2v) is 9.04. The molecule has 0 bridgehead atoms. The first-order chi connectivity index (χ1) is 13.5. The molecular weight excluding hydrogens is 364 g/mol.